The number of carbonyl (C=O) groups is 2. The van der Waals surface area contributed by atoms with Gasteiger partial charge in [0.15, 0.2) is 0 Å². The van der Waals surface area contributed by atoms with Gasteiger partial charge in [-0.05, 0) is 51.4 Å². The fraction of sp³-hybridized carbons (Fsp3) is 0.760. The number of hydrogen-bond donors (Lipinski definition) is 1. The zero-order chi connectivity index (χ0) is 21.4. The Balaban J connectivity index is 3.28. The summed E-state index contributed by atoms with van der Waals surface area (Å²) in [7, 11) is 0. The number of unbranched alkanes of at least 4 members (excludes halogenated alkanes) is 11. The molecule has 0 bridgehead atoms. The summed E-state index contributed by atoms with van der Waals surface area (Å²) in [6.45, 7) is 2.67. The van der Waals surface area contributed by atoms with Gasteiger partial charge in [0.2, 0.25) is 0 Å². The van der Waals surface area contributed by atoms with E-state index in [1.54, 1.807) is 0 Å². The highest BCUT2D eigenvalue weighted by Crippen LogP contribution is 2.11. The first-order valence-corrected chi connectivity index (χ1v) is 11.8. The maximum Gasteiger partial charge on any atom is 0.305 e. The smallest absolute Gasteiger partial charge is 0.305 e. The second-order valence-corrected chi connectivity index (χ2v) is 7.75. The number of allylic oxidation sites excluding steroid dienone is 3. The van der Waals surface area contributed by atoms with Gasteiger partial charge in [0.1, 0.15) is 0 Å². The van der Waals surface area contributed by atoms with E-state index in [0.29, 0.717) is 19.4 Å². The summed E-state index contributed by atoms with van der Waals surface area (Å²) in [5.41, 5.74) is 0. The van der Waals surface area contributed by atoms with Crippen LogP contribution in [0.1, 0.15) is 116 Å². The first-order chi connectivity index (χ1) is 14.2. The molecule has 0 aromatic carbocycles. The van der Waals surface area contributed by atoms with Crippen molar-refractivity contribution in [2.24, 2.45) is 0 Å². The van der Waals surface area contributed by atoms with Crippen LogP contribution in [0.2, 0.25) is 0 Å². The molecular weight excluding hydrogens is 364 g/mol. The molecule has 0 aliphatic rings. The molecular formula is C25H44O4. The lowest BCUT2D eigenvalue weighted by atomic mass is 10.1. The number of carboxylic acids is 1. The number of rotatable bonds is 21. The highest BCUT2D eigenvalue weighted by Gasteiger charge is 2.01. The van der Waals surface area contributed by atoms with Crippen molar-refractivity contribution >= 4 is 11.9 Å². The van der Waals surface area contributed by atoms with Gasteiger partial charge in [-0.2, -0.15) is 0 Å². The number of carboxylic acid groups (broad SMARTS) is 1. The van der Waals surface area contributed by atoms with E-state index in [1.165, 1.54) is 57.8 Å². The molecule has 0 aromatic rings. The molecule has 4 nitrogen and oxygen atoms in total. The highest BCUT2D eigenvalue weighted by atomic mass is 16.5. The largest absolute Gasteiger partial charge is 0.481 e. The van der Waals surface area contributed by atoms with Crippen LogP contribution in [0.5, 0.6) is 0 Å². The maximum absolute atomic E-state index is 11.7. The van der Waals surface area contributed by atoms with Gasteiger partial charge in [-0.15, -0.1) is 0 Å². The van der Waals surface area contributed by atoms with Crippen LogP contribution < -0.4 is 0 Å². The molecule has 168 valence electrons. The minimum absolute atomic E-state index is 0.0882. The molecule has 0 aliphatic carbocycles. The second kappa shape index (κ2) is 22.7. The van der Waals surface area contributed by atoms with Crippen LogP contribution in [0, 0.1) is 0 Å². The molecule has 0 saturated heterocycles. The van der Waals surface area contributed by atoms with Crippen molar-refractivity contribution in [2.75, 3.05) is 6.61 Å². The molecule has 1 N–H and O–H groups in total. The third-order valence-electron chi connectivity index (χ3n) is 4.87. The molecule has 0 aliphatic heterocycles. The van der Waals surface area contributed by atoms with Gasteiger partial charge < -0.3 is 9.84 Å². The van der Waals surface area contributed by atoms with Crippen LogP contribution in [0.15, 0.2) is 24.3 Å². The van der Waals surface area contributed by atoms with Crippen molar-refractivity contribution < 1.29 is 19.4 Å². The standard InChI is InChI=1S/C25H44O4/c1-2-3-4-5-6-7-8-9-10-11-12-16-19-22-25(28)29-23-20-17-14-13-15-18-21-24(26)27/h5-6,14,17H,2-4,7-13,15-16,18-23H2,1H3,(H,26,27). The van der Waals surface area contributed by atoms with Gasteiger partial charge in [0, 0.05) is 12.8 Å². The van der Waals surface area contributed by atoms with E-state index in [4.69, 9.17) is 9.84 Å². The monoisotopic (exact) mass is 408 g/mol. The Bertz CT molecular complexity index is 440. The molecule has 0 fully saturated rings. The zero-order valence-electron chi connectivity index (χ0n) is 18.7. The number of carbonyl (C=O) groups excluding carboxylic acids is 1. The highest BCUT2D eigenvalue weighted by molar-refractivity contribution is 5.69. The zero-order valence-corrected chi connectivity index (χ0v) is 18.7. The second-order valence-electron chi connectivity index (χ2n) is 7.75. The lowest BCUT2D eigenvalue weighted by Gasteiger charge is -2.03. The van der Waals surface area contributed by atoms with Gasteiger partial charge in [-0.25, -0.2) is 0 Å². The van der Waals surface area contributed by atoms with E-state index < -0.39 is 5.97 Å². The van der Waals surface area contributed by atoms with Crippen molar-refractivity contribution in [3.05, 3.63) is 24.3 Å². The minimum Gasteiger partial charge on any atom is -0.481 e. The van der Waals surface area contributed by atoms with Gasteiger partial charge in [-0.1, -0.05) is 76.2 Å². The third-order valence-corrected chi connectivity index (χ3v) is 4.87. The van der Waals surface area contributed by atoms with E-state index in [1.807, 2.05) is 12.2 Å². The normalized spacial score (nSPS) is 11.5. The first-order valence-electron chi connectivity index (χ1n) is 11.8. The molecule has 0 spiro atoms. The van der Waals surface area contributed by atoms with Crippen LogP contribution >= 0.6 is 0 Å². The molecule has 4 heteroatoms. The SMILES string of the molecule is CCCCC=CCCCCCCCCCC(=O)OCCC=CCCCCC(=O)O. The molecule has 0 rings (SSSR count). The van der Waals surface area contributed by atoms with Crippen molar-refractivity contribution in [1.29, 1.82) is 0 Å². The van der Waals surface area contributed by atoms with Crippen molar-refractivity contribution in [1.82, 2.24) is 0 Å². The Labute approximate surface area is 178 Å². The fourth-order valence-corrected chi connectivity index (χ4v) is 3.06. The van der Waals surface area contributed by atoms with Crippen LogP contribution in [0.25, 0.3) is 0 Å². The number of aliphatic carboxylic acids is 1. The predicted octanol–water partition coefficient (Wildman–Crippen LogP) is 7.38. The Morgan fingerprint density at radius 1 is 0.655 bits per heavy atom. The van der Waals surface area contributed by atoms with E-state index in [2.05, 4.69) is 19.1 Å². The van der Waals surface area contributed by atoms with Crippen LogP contribution in [-0.4, -0.2) is 23.7 Å². The molecule has 29 heavy (non-hydrogen) atoms. The van der Waals surface area contributed by atoms with Crippen LogP contribution in [0.3, 0.4) is 0 Å². The Morgan fingerprint density at radius 2 is 1.14 bits per heavy atom. The first kappa shape index (κ1) is 27.4. The van der Waals surface area contributed by atoms with Gasteiger partial charge in [0.05, 0.1) is 6.61 Å². The minimum atomic E-state index is -0.734. The van der Waals surface area contributed by atoms with E-state index in [0.717, 1.165) is 32.1 Å². The molecule has 0 amide bonds. The molecule has 0 aromatic heterocycles. The summed E-state index contributed by atoms with van der Waals surface area (Å²) in [5, 5.41) is 8.54. The summed E-state index contributed by atoms with van der Waals surface area (Å²) in [5.74, 6) is -0.822. The fourth-order valence-electron chi connectivity index (χ4n) is 3.06. The lowest BCUT2D eigenvalue weighted by molar-refractivity contribution is -0.143. The maximum atomic E-state index is 11.7. The molecule has 0 saturated carbocycles. The van der Waals surface area contributed by atoms with E-state index in [-0.39, 0.29) is 12.4 Å². The van der Waals surface area contributed by atoms with Crippen molar-refractivity contribution in [3.8, 4) is 0 Å². The van der Waals surface area contributed by atoms with Gasteiger partial charge in [-0.3, -0.25) is 9.59 Å². The molecule has 0 unspecified atom stereocenters. The Kier molecular flexibility index (Phi) is 21.5. The Morgan fingerprint density at radius 3 is 1.76 bits per heavy atom. The number of hydrogen-bond acceptors (Lipinski definition) is 3. The lowest BCUT2D eigenvalue weighted by Crippen LogP contribution is -2.04. The molecule has 0 atom stereocenters. The average Bonchev–Trinajstić information content (AvgIpc) is 2.70. The third kappa shape index (κ3) is 24.4. The summed E-state index contributed by atoms with van der Waals surface area (Å²) >= 11 is 0. The van der Waals surface area contributed by atoms with E-state index >= 15 is 0 Å². The van der Waals surface area contributed by atoms with Gasteiger partial charge >= 0.3 is 11.9 Å². The summed E-state index contributed by atoms with van der Waals surface area (Å²) in [6, 6.07) is 0. The Hall–Kier alpha value is -1.58. The van der Waals surface area contributed by atoms with E-state index in [9.17, 15) is 9.59 Å². The van der Waals surface area contributed by atoms with Gasteiger partial charge in [0.25, 0.3) is 0 Å². The summed E-state index contributed by atoms with van der Waals surface area (Å²) in [4.78, 5) is 22.1. The predicted molar refractivity (Wildman–Crippen MR) is 121 cm³/mol. The van der Waals surface area contributed by atoms with Crippen LogP contribution in [0.4, 0.5) is 0 Å². The topological polar surface area (TPSA) is 63.6 Å². The summed E-state index contributed by atoms with van der Waals surface area (Å²) in [6.07, 6.45) is 26.2. The molecule has 0 heterocycles. The van der Waals surface area contributed by atoms with Crippen molar-refractivity contribution in [2.45, 2.75) is 116 Å². The average molecular weight is 409 g/mol. The van der Waals surface area contributed by atoms with Crippen LogP contribution in [-0.2, 0) is 14.3 Å². The quantitative estimate of drug-likeness (QED) is 0.122. The molecule has 0 radical (unpaired) electrons. The van der Waals surface area contributed by atoms with Crippen molar-refractivity contribution in [3.63, 3.8) is 0 Å². The number of esters is 1. The summed E-state index contributed by atoms with van der Waals surface area (Å²) < 4.78 is 5.23. The number of ether oxygens (including phenoxy) is 1.